The summed E-state index contributed by atoms with van der Waals surface area (Å²) in [7, 11) is 0. The summed E-state index contributed by atoms with van der Waals surface area (Å²) in [5.74, 6) is 0.239. The van der Waals surface area contributed by atoms with Gasteiger partial charge in [-0.2, -0.15) is 0 Å². The average Bonchev–Trinajstić information content (AvgIpc) is 2.26. The van der Waals surface area contributed by atoms with Gasteiger partial charge in [-0.3, -0.25) is 9.88 Å². The second-order valence-electron chi connectivity index (χ2n) is 4.81. The lowest BCUT2D eigenvalue weighted by molar-refractivity contribution is 0.0938. The van der Waals surface area contributed by atoms with Crippen LogP contribution in [0.4, 0.5) is 0 Å². The summed E-state index contributed by atoms with van der Waals surface area (Å²) >= 11 is 0. The number of likely N-dealkylation sites (tertiary alicyclic amines) is 1. The van der Waals surface area contributed by atoms with Crippen LogP contribution in [0.5, 0.6) is 5.75 Å². The Morgan fingerprint density at radius 2 is 2.00 bits per heavy atom. The summed E-state index contributed by atoms with van der Waals surface area (Å²) < 4.78 is 0. The van der Waals surface area contributed by atoms with Gasteiger partial charge in [0, 0.05) is 18.6 Å². The summed E-state index contributed by atoms with van der Waals surface area (Å²) in [5, 5.41) is 9.19. The lowest BCUT2D eigenvalue weighted by Gasteiger charge is -2.38. The van der Waals surface area contributed by atoms with E-state index < -0.39 is 0 Å². The molecule has 3 heteroatoms. The topological polar surface area (TPSA) is 36.4 Å². The molecule has 0 spiro atoms. The Bertz CT molecular complexity index is 326. The number of aromatic nitrogens is 1. The summed E-state index contributed by atoms with van der Waals surface area (Å²) in [6, 6.07) is 4.89. The molecule has 1 aliphatic heterocycles. The van der Waals surface area contributed by atoms with Crippen LogP contribution in [0.25, 0.3) is 0 Å². The first-order valence-electron chi connectivity index (χ1n) is 6.06. The van der Waals surface area contributed by atoms with Gasteiger partial charge in [0.15, 0.2) is 0 Å². The minimum atomic E-state index is 0.239. The van der Waals surface area contributed by atoms with Crippen molar-refractivity contribution >= 4 is 0 Å². The van der Waals surface area contributed by atoms with Gasteiger partial charge in [-0.15, -0.1) is 0 Å². The van der Waals surface area contributed by atoms with E-state index in [2.05, 4.69) is 23.7 Å². The van der Waals surface area contributed by atoms with E-state index in [1.165, 1.54) is 25.5 Å². The van der Waals surface area contributed by atoms with Crippen LogP contribution >= 0.6 is 0 Å². The summed E-state index contributed by atoms with van der Waals surface area (Å²) in [6.07, 6.45) is 5.42. The van der Waals surface area contributed by atoms with Crippen LogP contribution in [0.1, 0.15) is 38.8 Å². The Morgan fingerprint density at radius 1 is 1.31 bits per heavy atom. The molecule has 1 fully saturated rings. The summed E-state index contributed by atoms with van der Waals surface area (Å²) in [5.41, 5.74) is 1.04. The van der Waals surface area contributed by atoms with Gasteiger partial charge in [0.2, 0.25) is 0 Å². The van der Waals surface area contributed by atoms with Crippen molar-refractivity contribution in [3.05, 3.63) is 24.0 Å². The van der Waals surface area contributed by atoms with E-state index in [4.69, 9.17) is 0 Å². The number of rotatable bonds is 2. The average molecular weight is 220 g/mol. The van der Waals surface area contributed by atoms with Crippen molar-refractivity contribution in [1.82, 2.24) is 9.88 Å². The molecule has 0 bridgehead atoms. The van der Waals surface area contributed by atoms with Gasteiger partial charge in [0.05, 0.1) is 11.9 Å². The molecule has 2 atom stereocenters. The standard InChI is InChI=1S/C13H20N2O/c1-10-4-3-5-11(2)15(10)9-12-6-7-13(16)8-14-12/h6-8,10-11,16H,3-5,9H2,1-2H3. The molecular weight excluding hydrogens is 200 g/mol. The first kappa shape index (κ1) is 11.4. The highest BCUT2D eigenvalue weighted by Crippen LogP contribution is 2.24. The van der Waals surface area contributed by atoms with Crippen molar-refractivity contribution in [1.29, 1.82) is 0 Å². The Labute approximate surface area is 97.1 Å². The van der Waals surface area contributed by atoms with Crippen LogP contribution in [0.2, 0.25) is 0 Å². The molecule has 16 heavy (non-hydrogen) atoms. The normalized spacial score (nSPS) is 26.9. The smallest absolute Gasteiger partial charge is 0.133 e. The third kappa shape index (κ3) is 2.53. The van der Waals surface area contributed by atoms with Crippen molar-refractivity contribution in [2.45, 2.75) is 51.7 Å². The van der Waals surface area contributed by atoms with Crippen LogP contribution in [-0.2, 0) is 6.54 Å². The highest BCUT2D eigenvalue weighted by molar-refractivity contribution is 5.18. The second-order valence-corrected chi connectivity index (χ2v) is 4.81. The fourth-order valence-electron chi connectivity index (χ4n) is 2.48. The number of pyridine rings is 1. The first-order chi connectivity index (χ1) is 7.66. The van der Waals surface area contributed by atoms with Crippen molar-refractivity contribution in [2.24, 2.45) is 0 Å². The molecule has 1 saturated heterocycles. The molecule has 1 N–H and O–H groups in total. The number of aromatic hydroxyl groups is 1. The predicted octanol–water partition coefficient (Wildman–Crippen LogP) is 2.55. The van der Waals surface area contributed by atoms with Gasteiger partial charge in [-0.1, -0.05) is 6.42 Å². The van der Waals surface area contributed by atoms with Gasteiger partial charge in [0.1, 0.15) is 5.75 Å². The third-order valence-corrected chi connectivity index (χ3v) is 3.53. The largest absolute Gasteiger partial charge is 0.506 e. The Hall–Kier alpha value is -1.09. The van der Waals surface area contributed by atoms with Crippen LogP contribution < -0.4 is 0 Å². The maximum absolute atomic E-state index is 9.19. The van der Waals surface area contributed by atoms with Gasteiger partial charge >= 0.3 is 0 Å². The van der Waals surface area contributed by atoms with E-state index >= 15 is 0 Å². The molecule has 88 valence electrons. The molecule has 0 saturated carbocycles. The van der Waals surface area contributed by atoms with E-state index in [1.807, 2.05) is 6.07 Å². The minimum Gasteiger partial charge on any atom is -0.506 e. The van der Waals surface area contributed by atoms with E-state index in [1.54, 1.807) is 6.07 Å². The van der Waals surface area contributed by atoms with Crippen LogP contribution in [0.3, 0.4) is 0 Å². The van der Waals surface area contributed by atoms with E-state index in [0.29, 0.717) is 12.1 Å². The number of nitrogens with zero attached hydrogens (tertiary/aromatic N) is 2. The fourth-order valence-corrected chi connectivity index (χ4v) is 2.48. The molecule has 1 aliphatic rings. The molecule has 2 rings (SSSR count). The second kappa shape index (κ2) is 4.83. The SMILES string of the molecule is CC1CCCC(C)N1Cc1ccc(O)cn1. The maximum atomic E-state index is 9.19. The molecule has 0 amide bonds. The quantitative estimate of drug-likeness (QED) is 0.832. The molecule has 0 radical (unpaired) electrons. The van der Waals surface area contributed by atoms with Gasteiger partial charge < -0.3 is 5.11 Å². The highest BCUT2D eigenvalue weighted by atomic mass is 16.3. The van der Waals surface area contributed by atoms with Crippen LogP contribution in [-0.4, -0.2) is 27.1 Å². The van der Waals surface area contributed by atoms with E-state index in [-0.39, 0.29) is 5.75 Å². The molecule has 2 heterocycles. The zero-order chi connectivity index (χ0) is 11.5. The highest BCUT2D eigenvalue weighted by Gasteiger charge is 2.24. The zero-order valence-electron chi connectivity index (χ0n) is 10.1. The molecule has 1 aromatic heterocycles. The number of piperidine rings is 1. The lowest BCUT2D eigenvalue weighted by Crippen LogP contribution is -2.43. The monoisotopic (exact) mass is 220 g/mol. The Kier molecular flexibility index (Phi) is 3.44. The molecular formula is C13H20N2O. The Balaban J connectivity index is 2.04. The predicted molar refractivity (Wildman–Crippen MR) is 64.2 cm³/mol. The van der Waals surface area contributed by atoms with Crippen LogP contribution in [0, 0.1) is 0 Å². The van der Waals surface area contributed by atoms with Crippen molar-refractivity contribution in [3.8, 4) is 5.75 Å². The van der Waals surface area contributed by atoms with Gasteiger partial charge in [0.25, 0.3) is 0 Å². The Morgan fingerprint density at radius 3 is 2.56 bits per heavy atom. The fraction of sp³-hybridized carbons (Fsp3) is 0.615. The van der Waals surface area contributed by atoms with E-state index in [0.717, 1.165) is 12.2 Å². The molecule has 1 aromatic rings. The molecule has 3 nitrogen and oxygen atoms in total. The zero-order valence-corrected chi connectivity index (χ0v) is 10.1. The van der Waals surface area contributed by atoms with Crippen molar-refractivity contribution < 1.29 is 5.11 Å². The number of hydrogen-bond acceptors (Lipinski definition) is 3. The van der Waals surface area contributed by atoms with E-state index in [9.17, 15) is 5.11 Å². The van der Waals surface area contributed by atoms with Gasteiger partial charge in [-0.05, 0) is 38.8 Å². The molecule has 0 aromatic carbocycles. The summed E-state index contributed by atoms with van der Waals surface area (Å²) in [6.45, 7) is 5.47. The minimum absolute atomic E-state index is 0.239. The molecule has 0 aliphatic carbocycles. The van der Waals surface area contributed by atoms with Crippen molar-refractivity contribution in [3.63, 3.8) is 0 Å². The van der Waals surface area contributed by atoms with Crippen LogP contribution in [0.15, 0.2) is 18.3 Å². The molecule has 2 unspecified atom stereocenters. The number of hydrogen-bond donors (Lipinski definition) is 1. The first-order valence-corrected chi connectivity index (χ1v) is 6.06. The van der Waals surface area contributed by atoms with Crippen molar-refractivity contribution in [2.75, 3.05) is 0 Å². The lowest BCUT2D eigenvalue weighted by atomic mass is 9.97. The summed E-state index contributed by atoms with van der Waals surface area (Å²) in [4.78, 5) is 6.75. The maximum Gasteiger partial charge on any atom is 0.133 e. The van der Waals surface area contributed by atoms with Gasteiger partial charge in [-0.25, -0.2) is 0 Å². The third-order valence-electron chi connectivity index (χ3n) is 3.53.